The molecule has 3 rings (SSSR count). The highest BCUT2D eigenvalue weighted by Gasteiger charge is 2.57. The summed E-state index contributed by atoms with van der Waals surface area (Å²) >= 11 is 0. The molecular weight excluding hydrogens is 228 g/mol. The Bertz CT molecular complexity index is 332. The number of hydrogen-bond donors (Lipinski definition) is 2. The van der Waals surface area contributed by atoms with Crippen LogP contribution in [0.15, 0.2) is 0 Å². The lowest BCUT2D eigenvalue weighted by Crippen LogP contribution is -2.51. The summed E-state index contributed by atoms with van der Waals surface area (Å²) < 4.78 is 5.84. The molecule has 3 heteroatoms. The third-order valence-corrected chi connectivity index (χ3v) is 6.10. The average Bonchev–Trinajstić information content (AvgIpc) is 2.98. The van der Waals surface area contributed by atoms with Gasteiger partial charge in [0.25, 0.3) is 0 Å². The molecule has 3 fully saturated rings. The molecule has 3 aliphatic rings. The van der Waals surface area contributed by atoms with Crippen LogP contribution in [0.5, 0.6) is 0 Å². The van der Waals surface area contributed by atoms with Crippen LogP contribution in [0.4, 0.5) is 0 Å². The second kappa shape index (κ2) is 4.19. The fourth-order valence-corrected chi connectivity index (χ4v) is 4.55. The minimum atomic E-state index is 0.0865. The quantitative estimate of drug-likeness (QED) is 0.741. The molecule has 2 saturated carbocycles. The molecule has 0 aromatic rings. The minimum Gasteiger partial charge on any atom is -0.396 e. The molecule has 6 atom stereocenters. The van der Waals surface area contributed by atoms with Crippen LogP contribution in [0.25, 0.3) is 0 Å². The molecule has 3 nitrogen and oxygen atoms in total. The van der Waals surface area contributed by atoms with Gasteiger partial charge >= 0.3 is 0 Å². The first kappa shape index (κ1) is 12.9. The molecule has 2 aliphatic carbocycles. The Balaban J connectivity index is 1.76. The van der Waals surface area contributed by atoms with Crippen molar-refractivity contribution in [2.24, 2.45) is 23.2 Å². The highest BCUT2D eigenvalue weighted by molar-refractivity contribution is 5.06. The van der Waals surface area contributed by atoms with Crippen LogP contribution < -0.4 is 0 Å². The lowest BCUT2D eigenvalue weighted by molar-refractivity contribution is -0.108. The van der Waals surface area contributed by atoms with Crippen LogP contribution in [0.3, 0.4) is 0 Å². The van der Waals surface area contributed by atoms with Crippen molar-refractivity contribution in [3.63, 3.8) is 0 Å². The summed E-state index contributed by atoms with van der Waals surface area (Å²) in [6.07, 6.45) is 5.95. The van der Waals surface area contributed by atoms with Crippen LogP contribution in [0.2, 0.25) is 0 Å². The molecule has 18 heavy (non-hydrogen) atoms. The van der Waals surface area contributed by atoms with Crippen LogP contribution in [-0.4, -0.2) is 35.1 Å². The molecule has 1 aliphatic heterocycles. The van der Waals surface area contributed by atoms with Gasteiger partial charge in [0.15, 0.2) is 0 Å². The Kier molecular flexibility index (Phi) is 3.00. The molecule has 104 valence electrons. The second-order valence-corrected chi connectivity index (χ2v) is 7.26. The molecule has 1 heterocycles. The van der Waals surface area contributed by atoms with Crippen molar-refractivity contribution in [2.45, 2.75) is 57.7 Å². The molecule has 0 bridgehead atoms. The van der Waals surface area contributed by atoms with E-state index < -0.39 is 0 Å². The van der Waals surface area contributed by atoms with Crippen LogP contribution in [0, 0.1) is 23.2 Å². The van der Waals surface area contributed by atoms with E-state index >= 15 is 0 Å². The van der Waals surface area contributed by atoms with Crippen molar-refractivity contribution < 1.29 is 14.9 Å². The maximum absolute atomic E-state index is 9.63. The first-order valence-corrected chi connectivity index (χ1v) is 7.42. The van der Waals surface area contributed by atoms with Crippen LogP contribution in [0.1, 0.15) is 46.0 Å². The molecular formula is C15H26O3. The lowest BCUT2D eigenvalue weighted by Gasteiger charge is -2.55. The molecule has 0 radical (unpaired) electrons. The number of aliphatic hydroxyl groups excluding tert-OH is 2. The van der Waals surface area contributed by atoms with Gasteiger partial charge in [-0.3, -0.25) is 0 Å². The predicted molar refractivity (Wildman–Crippen MR) is 69.1 cm³/mol. The zero-order valence-electron chi connectivity index (χ0n) is 11.6. The Labute approximate surface area is 110 Å². The second-order valence-electron chi connectivity index (χ2n) is 7.26. The maximum Gasteiger partial charge on any atom is 0.0920 e. The van der Waals surface area contributed by atoms with E-state index in [2.05, 4.69) is 13.8 Å². The summed E-state index contributed by atoms with van der Waals surface area (Å²) in [5.41, 5.74) is 0.185. The van der Waals surface area contributed by atoms with Gasteiger partial charge in [0.2, 0.25) is 0 Å². The summed E-state index contributed by atoms with van der Waals surface area (Å²) in [5.74, 6) is 1.61. The number of ether oxygens (including phenoxy) is 1. The van der Waals surface area contributed by atoms with Gasteiger partial charge in [0.05, 0.1) is 11.7 Å². The predicted octanol–water partition coefficient (Wildman–Crippen LogP) is 1.96. The van der Waals surface area contributed by atoms with Crippen molar-refractivity contribution in [3.05, 3.63) is 0 Å². The van der Waals surface area contributed by atoms with E-state index in [0.717, 1.165) is 32.1 Å². The average molecular weight is 254 g/mol. The number of epoxide rings is 1. The van der Waals surface area contributed by atoms with Gasteiger partial charge in [0, 0.05) is 13.2 Å². The summed E-state index contributed by atoms with van der Waals surface area (Å²) in [7, 11) is 0. The van der Waals surface area contributed by atoms with Gasteiger partial charge in [-0.05, 0) is 62.2 Å². The highest BCUT2D eigenvalue weighted by atomic mass is 16.6. The SMILES string of the molecule is C[C@@]1(CO)C[C@@H]2[C@H](CO)CC[C@H]3O[C@@]3(C)CC[C@H]21. The van der Waals surface area contributed by atoms with Crippen molar-refractivity contribution in [1.82, 2.24) is 0 Å². The monoisotopic (exact) mass is 254 g/mol. The Morgan fingerprint density at radius 3 is 2.61 bits per heavy atom. The van der Waals surface area contributed by atoms with Gasteiger partial charge in [-0.1, -0.05) is 6.92 Å². The number of rotatable bonds is 2. The Morgan fingerprint density at radius 2 is 1.94 bits per heavy atom. The normalized spacial score (nSPS) is 55.3. The molecule has 2 N–H and O–H groups in total. The minimum absolute atomic E-state index is 0.0865. The molecule has 0 amide bonds. The zero-order chi connectivity index (χ0) is 13.0. The third-order valence-electron chi connectivity index (χ3n) is 6.10. The summed E-state index contributed by atoms with van der Waals surface area (Å²) in [6, 6.07) is 0. The lowest BCUT2D eigenvalue weighted by atomic mass is 9.50. The zero-order valence-corrected chi connectivity index (χ0v) is 11.6. The van der Waals surface area contributed by atoms with Gasteiger partial charge < -0.3 is 14.9 Å². The van der Waals surface area contributed by atoms with Gasteiger partial charge in [-0.15, -0.1) is 0 Å². The van der Waals surface area contributed by atoms with E-state index in [1.807, 2.05) is 0 Å². The molecule has 0 spiro atoms. The number of aliphatic hydroxyl groups is 2. The summed E-state index contributed by atoms with van der Waals surface area (Å²) in [4.78, 5) is 0. The summed E-state index contributed by atoms with van der Waals surface area (Å²) in [6.45, 7) is 5.01. The topological polar surface area (TPSA) is 53.0 Å². The van der Waals surface area contributed by atoms with Crippen LogP contribution in [-0.2, 0) is 4.74 Å². The first-order valence-electron chi connectivity index (χ1n) is 7.42. The fourth-order valence-electron chi connectivity index (χ4n) is 4.55. The highest BCUT2D eigenvalue weighted by Crippen LogP contribution is 2.59. The van der Waals surface area contributed by atoms with E-state index in [0.29, 0.717) is 30.5 Å². The van der Waals surface area contributed by atoms with E-state index in [1.165, 1.54) is 0 Å². The van der Waals surface area contributed by atoms with Crippen molar-refractivity contribution in [3.8, 4) is 0 Å². The largest absolute Gasteiger partial charge is 0.396 e. The van der Waals surface area contributed by atoms with Crippen molar-refractivity contribution in [1.29, 1.82) is 0 Å². The summed E-state index contributed by atoms with van der Waals surface area (Å²) in [5, 5.41) is 19.2. The smallest absolute Gasteiger partial charge is 0.0920 e. The Hall–Kier alpha value is -0.120. The third kappa shape index (κ3) is 1.83. The standard InChI is InChI=1S/C15H26O3/c1-14(9-17)7-11-10(8-16)3-4-13-15(2,18-13)6-5-12(11)14/h10-13,16-17H,3-9H2,1-2H3/t10-,11+,12+,13+,14-,15-/m0/s1. The van der Waals surface area contributed by atoms with Gasteiger partial charge in [0.1, 0.15) is 0 Å². The molecule has 1 saturated heterocycles. The van der Waals surface area contributed by atoms with Crippen LogP contribution >= 0.6 is 0 Å². The van der Waals surface area contributed by atoms with Gasteiger partial charge in [-0.25, -0.2) is 0 Å². The van der Waals surface area contributed by atoms with E-state index in [1.54, 1.807) is 0 Å². The fraction of sp³-hybridized carbons (Fsp3) is 1.00. The Morgan fingerprint density at radius 1 is 1.17 bits per heavy atom. The van der Waals surface area contributed by atoms with E-state index in [9.17, 15) is 10.2 Å². The number of hydrogen-bond acceptors (Lipinski definition) is 3. The molecule has 0 aromatic carbocycles. The molecule has 0 aromatic heterocycles. The van der Waals surface area contributed by atoms with Gasteiger partial charge in [-0.2, -0.15) is 0 Å². The van der Waals surface area contributed by atoms with E-state index in [4.69, 9.17) is 4.74 Å². The number of fused-ring (bicyclic) bond motifs is 2. The maximum atomic E-state index is 9.63. The molecule has 0 unspecified atom stereocenters. The first-order chi connectivity index (χ1) is 8.52. The van der Waals surface area contributed by atoms with E-state index in [-0.39, 0.29) is 17.6 Å². The van der Waals surface area contributed by atoms with Crippen molar-refractivity contribution in [2.75, 3.05) is 13.2 Å². The van der Waals surface area contributed by atoms with Crippen molar-refractivity contribution >= 4 is 0 Å².